The van der Waals surface area contributed by atoms with Gasteiger partial charge in [-0.15, -0.1) is 0 Å². The zero-order valence-electron chi connectivity index (χ0n) is 15.2. The summed E-state index contributed by atoms with van der Waals surface area (Å²) in [5.41, 5.74) is 0.852. The normalized spacial score (nSPS) is 13.7. The molecule has 0 aromatic heterocycles. The van der Waals surface area contributed by atoms with Crippen molar-refractivity contribution >= 4 is 39.3 Å². The van der Waals surface area contributed by atoms with Gasteiger partial charge in [-0.25, -0.2) is 8.42 Å². The lowest BCUT2D eigenvalue weighted by Gasteiger charge is -2.21. The van der Waals surface area contributed by atoms with Crippen molar-refractivity contribution in [2.45, 2.75) is 30.3 Å². The van der Waals surface area contributed by atoms with Crippen LogP contribution >= 0.6 is 23.4 Å². The lowest BCUT2D eigenvalue weighted by molar-refractivity contribution is -0.123. The van der Waals surface area contributed by atoms with Crippen LogP contribution in [0.4, 0.5) is 0 Å². The maximum absolute atomic E-state index is 12.7. The van der Waals surface area contributed by atoms with Crippen molar-refractivity contribution in [3.05, 3.63) is 65.2 Å². The number of hydrogen-bond donors (Lipinski definition) is 2. The maximum atomic E-state index is 12.7. The number of carbonyl (C=O) groups excluding carboxylic acids is 1. The third-order valence-corrected chi connectivity index (χ3v) is 6.35. The Kier molecular flexibility index (Phi) is 8.16. The van der Waals surface area contributed by atoms with E-state index in [0.29, 0.717) is 17.2 Å². The van der Waals surface area contributed by atoms with Crippen LogP contribution in [0.25, 0.3) is 0 Å². The lowest BCUT2D eigenvalue weighted by atomic mass is 10.1. The summed E-state index contributed by atoms with van der Waals surface area (Å²) in [5.74, 6) is 0.289. The second-order valence-corrected chi connectivity index (χ2v) is 9.19. The first-order valence-corrected chi connectivity index (χ1v) is 11.7. The molecular formula is C19H23ClN2O3S2. The van der Waals surface area contributed by atoms with Crippen LogP contribution in [0.1, 0.15) is 24.9 Å². The predicted molar refractivity (Wildman–Crippen MR) is 112 cm³/mol. The van der Waals surface area contributed by atoms with Crippen molar-refractivity contribution in [3.63, 3.8) is 0 Å². The smallest absolute Gasteiger partial charge is 0.241 e. The number of nitrogens with one attached hydrogen (secondary N) is 2. The zero-order chi connectivity index (χ0) is 19.9. The molecule has 2 atom stereocenters. The Morgan fingerprint density at radius 2 is 1.85 bits per heavy atom. The minimum absolute atomic E-state index is 0.134. The van der Waals surface area contributed by atoms with E-state index in [1.54, 1.807) is 42.1 Å². The van der Waals surface area contributed by atoms with E-state index in [0.717, 1.165) is 5.56 Å². The fourth-order valence-corrected chi connectivity index (χ4v) is 4.43. The highest BCUT2D eigenvalue weighted by atomic mass is 35.5. The number of amides is 1. The molecule has 2 unspecified atom stereocenters. The van der Waals surface area contributed by atoms with Gasteiger partial charge in [0.15, 0.2) is 0 Å². The van der Waals surface area contributed by atoms with Crippen molar-refractivity contribution in [3.8, 4) is 0 Å². The Balaban J connectivity index is 2.13. The fraction of sp³-hybridized carbons (Fsp3) is 0.316. The molecule has 0 spiro atoms. The van der Waals surface area contributed by atoms with Gasteiger partial charge in [0, 0.05) is 5.02 Å². The van der Waals surface area contributed by atoms with Crippen molar-refractivity contribution in [2.24, 2.45) is 0 Å². The average Bonchev–Trinajstić information content (AvgIpc) is 2.65. The van der Waals surface area contributed by atoms with Crippen molar-refractivity contribution in [1.29, 1.82) is 0 Å². The van der Waals surface area contributed by atoms with E-state index in [2.05, 4.69) is 10.0 Å². The molecule has 0 saturated heterocycles. The molecule has 5 nitrogen and oxygen atoms in total. The molecule has 0 aliphatic carbocycles. The molecule has 146 valence electrons. The summed E-state index contributed by atoms with van der Waals surface area (Å²) < 4.78 is 27.7. The number of halogens is 1. The van der Waals surface area contributed by atoms with Crippen LogP contribution in [0.5, 0.6) is 0 Å². The SMILES string of the molecule is CSCCC(NS(=O)(=O)c1ccccc1)C(=O)NC(C)c1cccc(Cl)c1. The van der Waals surface area contributed by atoms with E-state index in [4.69, 9.17) is 11.6 Å². The van der Waals surface area contributed by atoms with Crippen molar-refractivity contribution in [2.75, 3.05) is 12.0 Å². The molecule has 2 aromatic rings. The van der Waals surface area contributed by atoms with Gasteiger partial charge in [0.2, 0.25) is 15.9 Å². The molecule has 8 heteroatoms. The highest BCUT2D eigenvalue weighted by Gasteiger charge is 2.26. The Morgan fingerprint density at radius 3 is 2.48 bits per heavy atom. The Labute approximate surface area is 169 Å². The summed E-state index contributed by atoms with van der Waals surface area (Å²) >= 11 is 7.56. The van der Waals surface area contributed by atoms with Gasteiger partial charge in [-0.1, -0.05) is 41.9 Å². The topological polar surface area (TPSA) is 75.3 Å². The molecule has 0 heterocycles. The second-order valence-electron chi connectivity index (χ2n) is 6.05. The summed E-state index contributed by atoms with van der Waals surface area (Å²) in [6.07, 6.45) is 2.30. The monoisotopic (exact) mass is 426 g/mol. The van der Waals surface area contributed by atoms with Crippen LogP contribution in [0.15, 0.2) is 59.5 Å². The highest BCUT2D eigenvalue weighted by molar-refractivity contribution is 7.98. The molecule has 0 bridgehead atoms. The van der Waals surface area contributed by atoms with Gasteiger partial charge in [-0.2, -0.15) is 16.5 Å². The van der Waals surface area contributed by atoms with E-state index in [1.807, 2.05) is 25.3 Å². The Bertz CT molecular complexity index is 860. The largest absolute Gasteiger partial charge is 0.348 e. The minimum Gasteiger partial charge on any atom is -0.348 e. The van der Waals surface area contributed by atoms with Crippen LogP contribution in [-0.4, -0.2) is 32.4 Å². The number of rotatable bonds is 9. The molecule has 0 radical (unpaired) electrons. The van der Waals surface area contributed by atoms with Crippen molar-refractivity contribution in [1.82, 2.24) is 10.0 Å². The number of benzene rings is 2. The molecule has 0 saturated carbocycles. The first-order chi connectivity index (χ1) is 12.8. The predicted octanol–water partition coefficient (Wildman–Crippen LogP) is 3.62. The third-order valence-electron chi connectivity index (χ3n) is 3.99. The van der Waals surface area contributed by atoms with Crippen LogP contribution in [0.3, 0.4) is 0 Å². The van der Waals surface area contributed by atoms with E-state index >= 15 is 0 Å². The molecule has 1 amide bonds. The Hall–Kier alpha value is -1.54. The second kappa shape index (κ2) is 10.1. The van der Waals surface area contributed by atoms with Gasteiger partial charge < -0.3 is 5.32 Å². The van der Waals surface area contributed by atoms with Gasteiger partial charge in [0.25, 0.3) is 0 Å². The Morgan fingerprint density at radius 1 is 1.15 bits per heavy atom. The number of carbonyl (C=O) groups is 1. The number of hydrogen-bond acceptors (Lipinski definition) is 4. The number of thioether (sulfide) groups is 1. The van der Waals surface area contributed by atoms with Gasteiger partial charge in [-0.05, 0) is 55.2 Å². The number of sulfonamides is 1. The summed E-state index contributed by atoms with van der Waals surface area (Å²) in [6.45, 7) is 1.83. The molecule has 27 heavy (non-hydrogen) atoms. The summed E-state index contributed by atoms with van der Waals surface area (Å²) in [6, 6.07) is 14.1. The van der Waals surface area contributed by atoms with E-state index in [1.165, 1.54) is 12.1 Å². The molecular weight excluding hydrogens is 404 g/mol. The summed E-state index contributed by atoms with van der Waals surface area (Å²) in [7, 11) is -3.78. The van der Waals surface area contributed by atoms with Gasteiger partial charge in [0.1, 0.15) is 6.04 Å². The maximum Gasteiger partial charge on any atom is 0.241 e. The van der Waals surface area contributed by atoms with Crippen LogP contribution in [0.2, 0.25) is 5.02 Å². The quantitative estimate of drug-likeness (QED) is 0.642. The summed E-state index contributed by atoms with van der Waals surface area (Å²) in [5, 5.41) is 3.45. The summed E-state index contributed by atoms with van der Waals surface area (Å²) in [4.78, 5) is 12.9. The van der Waals surface area contributed by atoms with Crippen LogP contribution in [-0.2, 0) is 14.8 Å². The third kappa shape index (κ3) is 6.53. The van der Waals surface area contributed by atoms with E-state index in [9.17, 15) is 13.2 Å². The van der Waals surface area contributed by atoms with Crippen LogP contribution < -0.4 is 10.0 Å². The lowest BCUT2D eigenvalue weighted by Crippen LogP contribution is -2.47. The molecule has 2 N–H and O–H groups in total. The first-order valence-electron chi connectivity index (χ1n) is 8.45. The van der Waals surface area contributed by atoms with Crippen LogP contribution in [0, 0.1) is 0 Å². The molecule has 2 aromatic carbocycles. The standard InChI is InChI=1S/C19H23ClN2O3S2/c1-14(15-7-6-8-16(20)13-15)21-19(23)18(11-12-26-2)22-27(24,25)17-9-4-3-5-10-17/h3-10,13-14,18,22H,11-12H2,1-2H3,(H,21,23). The average molecular weight is 427 g/mol. The molecule has 2 rings (SSSR count). The molecule has 0 aliphatic heterocycles. The first kappa shape index (κ1) is 21.8. The fourth-order valence-electron chi connectivity index (χ4n) is 2.51. The van der Waals surface area contributed by atoms with E-state index in [-0.39, 0.29) is 16.8 Å². The van der Waals surface area contributed by atoms with Gasteiger partial charge in [0.05, 0.1) is 10.9 Å². The van der Waals surface area contributed by atoms with E-state index < -0.39 is 16.1 Å². The molecule has 0 aliphatic rings. The minimum atomic E-state index is -3.78. The highest BCUT2D eigenvalue weighted by Crippen LogP contribution is 2.18. The van der Waals surface area contributed by atoms with Gasteiger partial charge >= 0.3 is 0 Å². The van der Waals surface area contributed by atoms with Crippen molar-refractivity contribution < 1.29 is 13.2 Å². The molecule has 0 fully saturated rings. The zero-order valence-corrected chi connectivity index (χ0v) is 17.6. The van der Waals surface area contributed by atoms with Gasteiger partial charge in [-0.3, -0.25) is 4.79 Å².